The number of rotatable bonds is 7. The summed E-state index contributed by atoms with van der Waals surface area (Å²) in [4.78, 5) is 43.4. The summed E-state index contributed by atoms with van der Waals surface area (Å²) >= 11 is 6.22. The fraction of sp³-hybridized carbons (Fsp3) is 0.231. The number of hydrogen-bond acceptors (Lipinski definition) is 8. The predicted molar refractivity (Wildman–Crippen MR) is 140 cm³/mol. The van der Waals surface area contributed by atoms with Crippen molar-refractivity contribution in [2.45, 2.75) is 6.18 Å². The molecule has 1 aliphatic heterocycles. The van der Waals surface area contributed by atoms with Crippen LogP contribution in [-0.4, -0.2) is 61.4 Å². The molecule has 0 unspecified atom stereocenters. The first-order valence-electron chi connectivity index (χ1n) is 11.8. The molecule has 0 radical (unpaired) electrons. The number of primary amides is 1. The Morgan fingerprint density at radius 1 is 1.07 bits per heavy atom. The Hall–Kier alpha value is -4.36. The normalized spacial score (nSPS) is 14.0. The standard InChI is InChI=1S/C26H23ClF3N5O5/c1-34-6-8-35(9-7-34)18-12-16(26(28,29)30)11-17(13-18)33-23(37)15-2-3-20(27)22(10-15)39-21-4-5-32-24(19(21)14-36)40-25(31)38/h2-5,10-14H,6-9H2,1H3,(H2,31,38)(H,33,37). The van der Waals surface area contributed by atoms with E-state index >= 15 is 0 Å². The number of halogens is 4. The number of ether oxygens (including phenoxy) is 2. The van der Waals surface area contributed by atoms with Gasteiger partial charge in [0.2, 0.25) is 5.88 Å². The maximum Gasteiger partial charge on any atom is 0.416 e. The van der Waals surface area contributed by atoms with Crippen molar-refractivity contribution >= 4 is 41.3 Å². The van der Waals surface area contributed by atoms with Gasteiger partial charge in [-0.15, -0.1) is 0 Å². The number of carbonyl (C=O) groups excluding carboxylic acids is 3. The van der Waals surface area contributed by atoms with E-state index in [9.17, 15) is 27.6 Å². The van der Waals surface area contributed by atoms with Gasteiger partial charge in [-0.1, -0.05) is 11.6 Å². The Bertz CT molecular complexity index is 1440. The van der Waals surface area contributed by atoms with Crippen molar-refractivity contribution in [1.29, 1.82) is 0 Å². The average molecular weight is 578 g/mol. The Labute approximate surface area is 231 Å². The Morgan fingerprint density at radius 3 is 2.45 bits per heavy atom. The molecule has 10 nitrogen and oxygen atoms in total. The van der Waals surface area contributed by atoms with Crippen molar-refractivity contribution < 1.29 is 37.0 Å². The van der Waals surface area contributed by atoms with Crippen molar-refractivity contribution in [3.8, 4) is 17.4 Å². The van der Waals surface area contributed by atoms with E-state index in [1.165, 1.54) is 36.5 Å². The maximum absolute atomic E-state index is 13.7. The van der Waals surface area contributed by atoms with Crippen LogP contribution in [-0.2, 0) is 6.18 Å². The van der Waals surface area contributed by atoms with Gasteiger partial charge in [0.1, 0.15) is 17.1 Å². The minimum Gasteiger partial charge on any atom is -0.455 e. The van der Waals surface area contributed by atoms with Crippen LogP contribution in [0, 0.1) is 0 Å². The molecule has 0 bridgehead atoms. The highest BCUT2D eigenvalue weighted by molar-refractivity contribution is 6.32. The zero-order chi connectivity index (χ0) is 29.0. The first-order valence-corrected chi connectivity index (χ1v) is 12.2. The fourth-order valence-electron chi connectivity index (χ4n) is 3.95. The summed E-state index contributed by atoms with van der Waals surface area (Å²) in [7, 11) is 1.93. The first-order chi connectivity index (χ1) is 18.9. The van der Waals surface area contributed by atoms with E-state index in [2.05, 4.69) is 15.2 Å². The molecule has 0 saturated carbocycles. The van der Waals surface area contributed by atoms with Crippen LogP contribution in [0.15, 0.2) is 48.7 Å². The highest BCUT2D eigenvalue weighted by Gasteiger charge is 2.32. The van der Waals surface area contributed by atoms with E-state index in [1.54, 1.807) is 0 Å². The second kappa shape index (κ2) is 11.8. The van der Waals surface area contributed by atoms with Crippen LogP contribution in [0.1, 0.15) is 26.3 Å². The molecule has 210 valence electrons. The zero-order valence-corrected chi connectivity index (χ0v) is 21.8. The lowest BCUT2D eigenvalue weighted by Gasteiger charge is -2.34. The van der Waals surface area contributed by atoms with Crippen LogP contribution < -0.4 is 25.4 Å². The van der Waals surface area contributed by atoms with Gasteiger partial charge in [-0.3, -0.25) is 9.59 Å². The minimum atomic E-state index is -4.62. The van der Waals surface area contributed by atoms with Crippen LogP contribution in [0.25, 0.3) is 0 Å². The SMILES string of the molecule is CN1CCN(c2cc(NC(=O)c3ccc(Cl)c(Oc4ccnc(OC(N)=O)c4C=O)c3)cc(C(F)(F)F)c2)CC1. The monoisotopic (exact) mass is 577 g/mol. The third-order valence-electron chi connectivity index (χ3n) is 6.01. The molecular weight excluding hydrogens is 555 g/mol. The van der Waals surface area contributed by atoms with Gasteiger partial charge < -0.3 is 30.3 Å². The molecule has 14 heteroatoms. The molecule has 1 fully saturated rings. The molecule has 1 aliphatic rings. The molecule has 2 aromatic carbocycles. The van der Waals surface area contributed by atoms with E-state index in [-0.39, 0.29) is 33.3 Å². The van der Waals surface area contributed by atoms with Gasteiger partial charge in [0.15, 0.2) is 6.29 Å². The Kier molecular flexibility index (Phi) is 8.45. The van der Waals surface area contributed by atoms with E-state index in [4.69, 9.17) is 26.8 Å². The van der Waals surface area contributed by atoms with Gasteiger partial charge in [-0.2, -0.15) is 13.2 Å². The number of aldehydes is 1. The predicted octanol–water partition coefficient (Wildman–Crippen LogP) is 4.82. The number of anilines is 2. The molecule has 40 heavy (non-hydrogen) atoms. The molecular formula is C26H23ClF3N5O5. The largest absolute Gasteiger partial charge is 0.455 e. The average Bonchev–Trinajstić information content (AvgIpc) is 2.89. The van der Waals surface area contributed by atoms with Gasteiger partial charge in [0.25, 0.3) is 5.91 Å². The third-order valence-corrected chi connectivity index (χ3v) is 6.33. The van der Waals surface area contributed by atoms with Gasteiger partial charge in [0.05, 0.1) is 10.6 Å². The molecule has 2 amide bonds. The smallest absolute Gasteiger partial charge is 0.416 e. The van der Waals surface area contributed by atoms with E-state index in [0.717, 1.165) is 12.1 Å². The third kappa shape index (κ3) is 6.79. The molecule has 1 saturated heterocycles. The van der Waals surface area contributed by atoms with Crippen LogP contribution in [0.3, 0.4) is 0 Å². The summed E-state index contributed by atoms with van der Waals surface area (Å²) in [5.74, 6) is -1.29. The number of nitrogens with one attached hydrogen (secondary N) is 1. The lowest BCUT2D eigenvalue weighted by atomic mass is 10.1. The number of piperazine rings is 1. The van der Waals surface area contributed by atoms with Crippen LogP contribution in [0.2, 0.25) is 5.02 Å². The molecule has 3 aromatic rings. The van der Waals surface area contributed by atoms with Crippen LogP contribution >= 0.6 is 11.6 Å². The summed E-state index contributed by atoms with van der Waals surface area (Å²) in [5.41, 5.74) is 4.15. The minimum absolute atomic E-state index is 0.00766. The zero-order valence-electron chi connectivity index (χ0n) is 21.0. The summed E-state index contributed by atoms with van der Waals surface area (Å²) in [6.07, 6.45) is -4.30. The number of pyridine rings is 1. The van der Waals surface area contributed by atoms with Gasteiger partial charge in [-0.05, 0) is 43.4 Å². The molecule has 3 N–H and O–H groups in total. The number of benzene rings is 2. The molecule has 0 aliphatic carbocycles. The summed E-state index contributed by atoms with van der Waals surface area (Å²) in [6.45, 7) is 2.44. The molecule has 2 heterocycles. The van der Waals surface area contributed by atoms with Crippen molar-refractivity contribution in [1.82, 2.24) is 9.88 Å². The molecule has 0 atom stereocenters. The fourth-order valence-corrected chi connectivity index (χ4v) is 4.11. The Morgan fingerprint density at radius 2 is 1.80 bits per heavy atom. The number of carbonyl (C=O) groups is 3. The number of likely N-dealkylation sites (N-methyl/N-ethyl adjacent to an activating group) is 1. The molecule has 4 rings (SSSR count). The number of hydrogen-bond donors (Lipinski definition) is 2. The Balaban J connectivity index is 1.61. The second-order valence-electron chi connectivity index (χ2n) is 8.82. The summed E-state index contributed by atoms with van der Waals surface area (Å²) < 4.78 is 51.4. The number of nitrogens with two attached hydrogens (primary N) is 1. The van der Waals surface area contributed by atoms with Crippen LogP contribution in [0.4, 0.5) is 29.3 Å². The molecule has 1 aromatic heterocycles. The van der Waals surface area contributed by atoms with Crippen molar-refractivity contribution in [2.75, 3.05) is 43.4 Å². The highest BCUT2D eigenvalue weighted by atomic mass is 35.5. The topological polar surface area (TPSA) is 127 Å². The maximum atomic E-state index is 13.7. The van der Waals surface area contributed by atoms with Gasteiger partial charge in [-0.25, -0.2) is 9.78 Å². The van der Waals surface area contributed by atoms with Crippen LogP contribution in [0.5, 0.6) is 17.4 Å². The number of nitrogens with zero attached hydrogens (tertiary/aromatic N) is 3. The van der Waals surface area contributed by atoms with Gasteiger partial charge in [0, 0.05) is 55.4 Å². The number of aromatic nitrogens is 1. The van der Waals surface area contributed by atoms with Crippen molar-refractivity contribution in [3.05, 3.63) is 70.4 Å². The lowest BCUT2D eigenvalue weighted by molar-refractivity contribution is -0.137. The summed E-state index contributed by atoms with van der Waals surface area (Å²) in [6, 6.07) is 8.65. The van der Waals surface area contributed by atoms with E-state index < -0.39 is 29.6 Å². The number of alkyl halides is 3. The van der Waals surface area contributed by atoms with Crippen molar-refractivity contribution in [3.63, 3.8) is 0 Å². The lowest BCUT2D eigenvalue weighted by Crippen LogP contribution is -2.44. The number of amides is 2. The van der Waals surface area contributed by atoms with E-state index in [1.807, 2.05) is 11.9 Å². The second-order valence-corrected chi connectivity index (χ2v) is 9.23. The van der Waals surface area contributed by atoms with Crippen molar-refractivity contribution in [2.24, 2.45) is 5.73 Å². The quantitative estimate of drug-likeness (QED) is 0.383. The first kappa shape index (κ1) is 28.6. The summed E-state index contributed by atoms with van der Waals surface area (Å²) in [5, 5.41) is 2.57. The highest BCUT2D eigenvalue weighted by Crippen LogP contribution is 2.36. The van der Waals surface area contributed by atoms with Gasteiger partial charge >= 0.3 is 12.3 Å². The van der Waals surface area contributed by atoms with E-state index in [0.29, 0.717) is 38.2 Å². The molecule has 0 spiro atoms.